The molecule has 1 rings (SSSR count). The first kappa shape index (κ1) is 9.75. The Bertz CT molecular complexity index is 348. The van der Waals surface area contributed by atoms with Crippen molar-refractivity contribution >= 4 is 17.3 Å². The molecule has 0 aliphatic heterocycles. The summed E-state index contributed by atoms with van der Waals surface area (Å²) in [5.41, 5.74) is 0.284. The van der Waals surface area contributed by atoms with Crippen molar-refractivity contribution in [3.05, 3.63) is 34.6 Å². The molecular weight excluding hydrogens is 200 g/mol. The molecular formula is C8H4ClF2NO. The van der Waals surface area contributed by atoms with E-state index < -0.39 is 6.61 Å². The van der Waals surface area contributed by atoms with Gasteiger partial charge >= 0.3 is 6.61 Å². The van der Waals surface area contributed by atoms with Gasteiger partial charge in [0.1, 0.15) is 5.75 Å². The highest BCUT2D eigenvalue weighted by Crippen LogP contribution is 2.29. The van der Waals surface area contributed by atoms with E-state index >= 15 is 0 Å². The quantitative estimate of drug-likeness (QED) is 0.671. The van der Waals surface area contributed by atoms with Crippen LogP contribution in [0.25, 0.3) is 4.85 Å². The normalized spacial score (nSPS) is 9.77. The van der Waals surface area contributed by atoms with Gasteiger partial charge in [-0.3, -0.25) is 0 Å². The van der Waals surface area contributed by atoms with Gasteiger partial charge in [0.15, 0.2) is 5.69 Å². The lowest BCUT2D eigenvalue weighted by Crippen LogP contribution is -2.01. The van der Waals surface area contributed by atoms with E-state index in [0.29, 0.717) is 0 Å². The second-order valence-corrected chi connectivity index (χ2v) is 2.51. The van der Waals surface area contributed by atoms with Crippen LogP contribution in [0.15, 0.2) is 18.2 Å². The Labute approximate surface area is 78.5 Å². The molecule has 13 heavy (non-hydrogen) atoms. The van der Waals surface area contributed by atoms with E-state index in [1.54, 1.807) is 0 Å². The second-order valence-electron chi connectivity index (χ2n) is 2.11. The third-order valence-corrected chi connectivity index (χ3v) is 1.56. The first-order valence-electron chi connectivity index (χ1n) is 3.25. The highest BCUT2D eigenvalue weighted by atomic mass is 35.5. The molecule has 68 valence electrons. The molecule has 0 fully saturated rings. The number of rotatable bonds is 2. The van der Waals surface area contributed by atoms with Crippen LogP contribution in [0.3, 0.4) is 0 Å². The van der Waals surface area contributed by atoms with Crippen LogP contribution in [0.1, 0.15) is 0 Å². The minimum atomic E-state index is -2.91. The lowest BCUT2D eigenvalue weighted by Gasteiger charge is -2.05. The zero-order valence-corrected chi connectivity index (χ0v) is 7.05. The van der Waals surface area contributed by atoms with E-state index in [1.165, 1.54) is 18.2 Å². The van der Waals surface area contributed by atoms with Gasteiger partial charge in [-0.25, -0.2) is 4.85 Å². The van der Waals surface area contributed by atoms with Gasteiger partial charge < -0.3 is 4.74 Å². The Kier molecular flexibility index (Phi) is 3.04. The van der Waals surface area contributed by atoms with Crippen LogP contribution in [0.2, 0.25) is 5.02 Å². The number of ether oxygens (including phenoxy) is 1. The van der Waals surface area contributed by atoms with Crippen LogP contribution in [0.4, 0.5) is 14.5 Å². The SMILES string of the molecule is [C-]#[N+]c1ccc(OC(F)F)c(Cl)c1. The van der Waals surface area contributed by atoms with Crippen molar-refractivity contribution < 1.29 is 13.5 Å². The first-order valence-corrected chi connectivity index (χ1v) is 3.63. The van der Waals surface area contributed by atoms with Crippen LogP contribution in [-0.2, 0) is 0 Å². The van der Waals surface area contributed by atoms with E-state index in [2.05, 4.69) is 9.58 Å². The van der Waals surface area contributed by atoms with Crippen LogP contribution < -0.4 is 4.74 Å². The third kappa shape index (κ3) is 2.56. The van der Waals surface area contributed by atoms with Crippen LogP contribution in [0.5, 0.6) is 5.75 Å². The molecule has 0 spiro atoms. The fourth-order valence-electron chi connectivity index (χ4n) is 0.751. The van der Waals surface area contributed by atoms with E-state index in [9.17, 15) is 8.78 Å². The molecule has 5 heteroatoms. The summed E-state index contributed by atoms with van der Waals surface area (Å²) < 4.78 is 27.6. The van der Waals surface area contributed by atoms with Gasteiger partial charge in [0.25, 0.3) is 0 Å². The molecule has 0 bridgehead atoms. The predicted octanol–water partition coefficient (Wildman–Crippen LogP) is 3.49. The molecule has 0 heterocycles. The van der Waals surface area contributed by atoms with Gasteiger partial charge in [0.05, 0.1) is 11.6 Å². The van der Waals surface area contributed by atoms with Crippen LogP contribution in [-0.4, -0.2) is 6.61 Å². The Hall–Kier alpha value is -1.34. The topological polar surface area (TPSA) is 13.6 Å². The molecule has 0 saturated heterocycles. The number of nitrogens with zero attached hydrogens (tertiary/aromatic N) is 1. The molecule has 0 radical (unpaired) electrons. The Balaban J connectivity index is 2.93. The highest BCUT2D eigenvalue weighted by molar-refractivity contribution is 6.32. The fraction of sp³-hybridized carbons (Fsp3) is 0.125. The van der Waals surface area contributed by atoms with Crippen molar-refractivity contribution in [1.29, 1.82) is 0 Å². The summed E-state index contributed by atoms with van der Waals surface area (Å²) >= 11 is 5.55. The van der Waals surface area contributed by atoms with E-state index in [0.717, 1.165) is 0 Å². The van der Waals surface area contributed by atoms with Gasteiger partial charge in [-0.05, 0) is 12.1 Å². The van der Waals surface area contributed by atoms with Gasteiger partial charge in [-0.15, -0.1) is 0 Å². The molecule has 1 aromatic rings. The molecule has 0 aliphatic carbocycles. The number of alkyl halides is 2. The number of hydrogen-bond acceptors (Lipinski definition) is 1. The molecule has 0 saturated carbocycles. The monoisotopic (exact) mass is 203 g/mol. The van der Waals surface area contributed by atoms with Crippen LogP contribution in [0, 0.1) is 6.57 Å². The fourth-order valence-corrected chi connectivity index (χ4v) is 0.970. The second kappa shape index (κ2) is 4.06. The van der Waals surface area contributed by atoms with Gasteiger partial charge in [-0.2, -0.15) is 8.78 Å². The first-order chi connectivity index (χ1) is 6.13. The maximum atomic E-state index is 11.7. The predicted molar refractivity (Wildman–Crippen MR) is 44.3 cm³/mol. The van der Waals surface area contributed by atoms with Gasteiger partial charge in [0.2, 0.25) is 0 Å². The summed E-state index contributed by atoms with van der Waals surface area (Å²) in [6.07, 6.45) is 0. The molecule has 0 aromatic heterocycles. The van der Waals surface area contributed by atoms with Crippen LogP contribution >= 0.6 is 11.6 Å². The summed E-state index contributed by atoms with van der Waals surface area (Å²) in [5, 5.41) is 0.00815. The number of hydrogen-bond donors (Lipinski definition) is 0. The summed E-state index contributed by atoms with van der Waals surface area (Å²) in [6, 6.07) is 3.87. The largest absolute Gasteiger partial charge is 0.433 e. The zero-order valence-electron chi connectivity index (χ0n) is 6.30. The van der Waals surface area contributed by atoms with Crippen molar-refractivity contribution in [3.63, 3.8) is 0 Å². The van der Waals surface area contributed by atoms with E-state index in [1.807, 2.05) is 0 Å². The molecule has 0 N–H and O–H groups in total. The van der Waals surface area contributed by atoms with Gasteiger partial charge in [0, 0.05) is 0 Å². The Morgan fingerprint density at radius 2 is 2.15 bits per heavy atom. The summed E-state index contributed by atoms with van der Waals surface area (Å²) in [5.74, 6) is -0.121. The minimum absolute atomic E-state index is 0.00815. The zero-order chi connectivity index (χ0) is 9.84. The van der Waals surface area contributed by atoms with E-state index in [4.69, 9.17) is 18.2 Å². The average Bonchev–Trinajstić information content (AvgIpc) is 2.08. The van der Waals surface area contributed by atoms with Gasteiger partial charge in [-0.1, -0.05) is 17.7 Å². The Morgan fingerprint density at radius 3 is 2.62 bits per heavy atom. The number of halogens is 3. The van der Waals surface area contributed by atoms with Crippen molar-refractivity contribution in [2.24, 2.45) is 0 Å². The Morgan fingerprint density at radius 1 is 1.46 bits per heavy atom. The maximum Gasteiger partial charge on any atom is 0.387 e. The van der Waals surface area contributed by atoms with Crippen molar-refractivity contribution in [2.75, 3.05) is 0 Å². The summed E-state index contributed by atoms with van der Waals surface area (Å²) in [6.45, 7) is 3.72. The van der Waals surface area contributed by atoms with Crippen molar-refractivity contribution in [3.8, 4) is 5.75 Å². The third-order valence-electron chi connectivity index (χ3n) is 1.26. The maximum absolute atomic E-state index is 11.7. The standard InChI is InChI=1S/C8H4ClF2NO/c1-12-5-2-3-7(6(9)4-5)13-8(10)11/h2-4,8H. The molecule has 0 atom stereocenters. The van der Waals surface area contributed by atoms with Crippen molar-refractivity contribution in [1.82, 2.24) is 0 Å². The highest BCUT2D eigenvalue weighted by Gasteiger charge is 2.08. The summed E-state index contributed by atoms with van der Waals surface area (Å²) in [4.78, 5) is 3.07. The van der Waals surface area contributed by atoms with E-state index in [-0.39, 0.29) is 16.5 Å². The molecule has 2 nitrogen and oxygen atoms in total. The minimum Gasteiger partial charge on any atom is -0.433 e. The average molecular weight is 204 g/mol. The lowest BCUT2D eigenvalue weighted by molar-refractivity contribution is -0.0497. The number of benzene rings is 1. The summed E-state index contributed by atoms with van der Waals surface area (Å²) in [7, 11) is 0. The van der Waals surface area contributed by atoms with Crippen molar-refractivity contribution in [2.45, 2.75) is 6.61 Å². The smallest absolute Gasteiger partial charge is 0.387 e. The molecule has 0 amide bonds. The molecule has 0 aliphatic rings. The lowest BCUT2D eigenvalue weighted by atomic mass is 10.3. The molecule has 0 unspecified atom stereocenters. The molecule has 1 aromatic carbocycles.